The average molecular weight is 351 g/mol. The van der Waals surface area contributed by atoms with Crippen molar-refractivity contribution in [3.05, 3.63) is 89.5 Å². The van der Waals surface area contributed by atoms with Gasteiger partial charge < -0.3 is 4.42 Å². The molecule has 2 heterocycles. The summed E-state index contributed by atoms with van der Waals surface area (Å²) in [6.07, 6.45) is 0.831. The minimum atomic E-state index is 0.477. The van der Waals surface area contributed by atoms with E-state index in [1.54, 1.807) is 0 Å². The lowest BCUT2D eigenvalue weighted by molar-refractivity contribution is 0.664. The van der Waals surface area contributed by atoms with Crippen LogP contribution in [0, 0.1) is 0 Å². The Morgan fingerprint density at radius 2 is 1.63 bits per heavy atom. The Bertz CT molecular complexity index is 1270. The van der Waals surface area contributed by atoms with E-state index < -0.39 is 0 Å². The van der Waals surface area contributed by atoms with E-state index in [-0.39, 0.29) is 0 Å². The molecule has 27 heavy (non-hydrogen) atoms. The molecule has 0 fully saturated rings. The van der Waals surface area contributed by atoms with Gasteiger partial charge in [0.15, 0.2) is 5.58 Å². The van der Waals surface area contributed by atoms with Crippen molar-refractivity contribution < 1.29 is 4.42 Å². The quantitative estimate of drug-likeness (QED) is 0.355. The van der Waals surface area contributed by atoms with Gasteiger partial charge >= 0.3 is 0 Å². The van der Waals surface area contributed by atoms with Gasteiger partial charge in [0.2, 0.25) is 0 Å². The molecule has 0 unspecified atom stereocenters. The zero-order chi connectivity index (χ0) is 18.4. The maximum atomic E-state index is 6.30. The van der Waals surface area contributed by atoms with Gasteiger partial charge in [0.05, 0.1) is 5.52 Å². The minimum absolute atomic E-state index is 0.477. The molecule has 0 aliphatic rings. The smallest absolute Gasteiger partial charge is 0.158 e. The molecule has 2 aromatic heterocycles. The normalized spacial score (nSPS) is 11.8. The summed E-state index contributed by atoms with van der Waals surface area (Å²) in [6, 6.07) is 25.4. The van der Waals surface area contributed by atoms with Crippen LogP contribution in [0.15, 0.2) is 77.2 Å². The zero-order valence-corrected chi connectivity index (χ0v) is 15.6. The summed E-state index contributed by atoms with van der Waals surface area (Å²) in [5.41, 5.74) is 7.63. The van der Waals surface area contributed by atoms with Gasteiger partial charge in [-0.05, 0) is 41.3 Å². The van der Waals surface area contributed by atoms with Crippen LogP contribution in [-0.2, 0) is 6.42 Å². The zero-order valence-electron chi connectivity index (χ0n) is 15.6. The summed E-state index contributed by atoms with van der Waals surface area (Å²) >= 11 is 0. The van der Waals surface area contributed by atoms with Gasteiger partial charge in [-0.25, -0.2) is 4.98 Å². The number of fused-ring (bicyclic) bond motifs is 4. The van der Waals surface area contributed by atoms with E-state index in [1.807, 2.05) is 18.2 Å². The molecule has 0 bridgehead atoms. The van der Waals surface area contributed by atoms with Crippen LogP contribution in [0.1, 0.15) is 36.5 Å². The lowest BCUT2D eigenvalue weighted by atomic mass is 9.95. The lowest BCUT2D eigenvalue weighted by Gasteiger charge is -2.11. The fourth-order valence-electron chi connectivity index (χ4n) is 3.82. The monoisotopic (exact) mass is 351 g/mol. The summed E-state index contributed by atoms with van der Waals surface area (Å²) < 4.78 is 6.30. The molecular formula is C25H21NO. The van der Waals surface area contributed by atoms with E-state index in [0.29, 0.717) is 5.92 Å². The van der Waals surface area contributed by atoms with Gasteiger partial charge in [-0.2, -0.15) is 0 Å². The third kappa shape index (κ3) is 2.69. The van der Waals surface area contributed by atoms with Crippen molar-refractivity contribution in [2.45, 2.75) is 26.2 Å². The second kappa shape index (κ2) is 6.24. The van der Waals surface area contributed by atoms with Gasteiger partial charge in [0.1, 0.15) is 11.1 Å². The van der Waals surface area contributed by atoms with Crippen LogP contribution in [-0.4, -0.2) is 4.98 Å². The van der Waals surface area contributed by atoms with Gasteiger partial charge in [-0.15, -0.1) is 0 Å². The van der Waals surface area contributed by atoms with E-state index in [4.69, 9.17) is 9.40 Å². The van der Waals surface area contributed by atoms with Crippen molar-refractivity contribution in [2.24, 2.45) is 0 Å². The molecule has 5 rings (SSSR count). The third-order valence-electron chi connectivity index (χ3n) is 5.31. The van der Waals surface area contributed by atoms with Crippen LogP contribution < -0.4 is 0 Å². The molecule has 0 radical (unpaired) electrons. The summed E-state index contributed by atoms with van der Waals surface area (Å²) in [4.78, 5) is 4.97. The van der Waals surface area contributed by atoms with Crippen LogP contribution in [0.25, 0.3) is 33.0 Å². The van der Waals surface area contributed by atoms with E-state index in [2.05, 4.69) is 68.4 Å². The molecule has 132 valence electrons. The second-order valence-corrected chi connectivity index (χ2v) is 7.46. The molecule has 0 aliphatic heterocycles. The fraction of sp³-hybridized carbons (Fsp3) is 0.160. The van der Waals surface area contributed by atoms with Crippen LogP contribution in [0.3, 0.4) is 0 Å². The SMILES string of the molecule is CC(C)c1ccc2nc3c(oc4ccccc43)c(Cc3ccccc3)c2c1. The Morgan fingerprint density at radius 1 is 0.852 bits per heavy atom. The molecule has 0 amide bonds. The highest BCUT2D eigenvalue weighted by Gasteiger charge is 2.17. The lowest BCUT2D eigenvalue weighted by Crippen LogP contribution is -1.95. The molecular weight excluding hydrogens is 330 g/mol. The van der Waals surface area contributed by atoms with Crippen molar-refractivity contribution in [3.63, 3.8) is 0 Å². The Balaban J connectivity index is 1.87. The van der Waals surface area contributed by atoms with Crippen molar-refractivity contribution in [2.75, 3.05) is 0 Å². The fourth-order valence-corrected chi connectivity index (χ4v) is 3.82. The van der Waals surface area contributed by atoms with E-state index in [9.17, 15) is 0 Å². The predicted molar refractivity (Wildman–Crippen MR) is 112 cm³/mol. The first-order chi connectivity index (χ1) is 13.2. The van der Waals surface area contributed by atoms with Gasteiger partial charge in [-0.1, -0.05) is 62.4 Å². The molecule has 0 spiro atoms. The van der Waals surface area contributed by atoms with Crippen LogP contribution in [0.5, 0.6) is 0 Å². The van der Waals surface area contributed by atoms with E-state index in [0.717, 1.165) is 34.0 Å². The standard InChI is InChI=1S/C25H21NO/c1-16(2)18-12-13-22-20(15-18)21(14-17-8-4-3-5-9-17)25-24(26-22)19-10-6-7-11-23(19)27-25/h3-13,15-16H,14H2,1-2H3. The molecule has 0 saturated carbocycles. The number of para-hydroxylation sites is 1. The number of hydrogen-bond donors (Lipinski definition) is 0. The highest BCUT2D eigenvalue weighted by atomic mass is 16.3. The number of nitrogens with zero attached hydrogens (tertiary/aromatic N) is 1. The first-order valence-electron chi connectivity index (χ1n) is 9.48. The first kappa shape index (κ1) is 16.1. The third-order valence-corrected chi connectivity index (χ3v) is 5.31. The Hall–Kier alpha value is -3.13. The van der Waals surface area contributed by atoms with Crippen LogP contribution >= 0.6 is 0 Å². The molecule has 5 aromatic rings. The number of furan rings is 1. The Kier molecular flexibility index (Phi) is 3.71. The van der Waals surface area contributed by atoms with Gasteiger partial charge in [0.25, 0.3) is 0 Å². The summed E-state index contributed by atoms with van der Waals surface area (Å²) in [7, 11) is 0. The molecule has 3 aromatic carbocycles. The second-order valence-electron chi connectivity index (χ2n) is 7.46. The summed E-state index contributed by atoms with van der Waals surface area (Å²) in [5.74, 6) is 0.477. The molecule has 0 atom stereocenters. The number of benzene rings is 3. The molecule has 2 heteroatoms. The number of rotatable bonds is 3. The Labute approximate surface area is 158 Å². The predicted octanol–water partition coefficient (Wildman–Crippen LogP) is 6.85. The number of hydrogen-bond acceptors (Lipinski definition) is 2. The summed E-state index contributed by atoms with van der Waals surface area (Å²) in [5, 5.41) is 2.27. The molecule has 0 N–H and O–H groups in total. The highest BCUT2D eigenvalue weighted by molar-refractivity contribution is 6.08. The van der Waals surface area contributed by atoms with E-state index in [1.165, 1.54) is 22.1 Å². The maximum absolute atomic E-state index is 6.30. The number of aromatic nitrogens is 1. The molecule has 0 aliphatic carbocycles. The largest absolute Gasteiger partial charge is 0.454 e. The van der Waals surface area contributed by atoms with Crippen molar-refractivity contribution >= 4 is 33.0 Å². The number of pyridine rings is 1. The van der Waals surface area contributed by atoms with Crippen molar-refractivity contribution in [3.8, 4) is 0 Å². The van der Waals surface area contributed by atoms with Gasteiger partial charge in [-0.3, -0.25) is 0 Å². The van der Waals surface area contributed by atoms with Crippen LogP contribution in [0.4, 0.5) is 0 Å². The summed E-state index contributed by atoms with van der Waals surface area (Å²) in [6.45, 7) is 4.45. The van der Waals surface area contributed by atoms with E-state index >= 15 is 0 Å². The maximum Gasteiger partial charge on any atom is 0.158 e. The van der Waals surface area contributed by atoms with Gasteiger partial charge in [0, 0.05) is 22.8 Å². The molecule has 2 nitrogen and oxygen atoms in total. The molecule has 0 saturated heterocycles. The Morgan fingerprint density at radius 3 is 2.44 bits per heavy atom. The first-order valence-corrected chi connectivity index (χ1v) is 9.48. The van der Waals surface area contributed by atoms with Crippen LogP contribution in [0.2, 0.25) is 0 Å². The minimum Gasteiger partial charge on any atom is -0.454 e. The van der Waals surface area contributed by atoms with Crippen molar-refractivity contribution in [1.29, 1.82) is 0 Å². The topological polar surface area (TPSA) is 26.0 Å². The average Bonchev–Trinajstić information content (AvgIpc) is 3.07. The highest BCUT2D eigenvalue weighted by Crippen LogP contribution is 2.35. The van der Waals surface area contributed by atoms with Crippen molar-refractivity contribution in [1.82, 2.24) is 4.98 Å².